The van der Waals surface area contributed by atoms with E-state index in [9.17, 15) is 9.46 Å². The monoisotopic (exact) mass is 477 g/mol. The molecular formula is C26H56NO4P. The van der Waals surface area contributed by atoms with Crippen LogP contribution in [0.15, 0.2) is 0 Å². The molecule has 0 aliphatic heterocycles. The summed E-state index contributed by atoms with van der Waals surface area (Å²) in [6, 6.07) is 0. The fraction of sp³-hybridized carbons (Fsp3) is 1.00. The molecule has 194 valence electrons. The molecule has 6 heteroatoms. The van der Waals surface area contributed by atoms with Crippen LogP contribution in [0.4, 0.5) is 0 Å². The third-order valence-corrected chi connectivity index (χ3v) is 7.05. The fourth-order valence-corrected chi connectivity index (χ4v) is 4.75. The SMILES string of the molecule is CCCCCCCCN(CCCCCCCC)CCCOP(=O)(O)OCCCCCCC. The highest BCUT2D eigenvalue weighted by molar-refractivity contribution is 7.47. The molecule has 0 aromatic rings. The van der Waals surface area contributed by atoms with E-state index >= 15 is 0 Å². The first-order chi connectivity index (χ1) is 15.6. The van der Waals surface area contributed by atoms with Crippen molar-refractivity contribution in [3.63, 3.8) is 0 Å². The summed E-state index contributed by atoms with van der Waals surface area (Å²) in [5.74, 6) is 0. The Morgan fingerprint density at radius 2 is 0.875 bits per heavy atom. The van der Waals surface area contributed by atoms with E-state index in [0.717, 1.165) is 45.3 Å². The molecule has 5 nitrogen and oxygen atoms in total. The van der Waals surface area contributed by atoms with Gasteiger partial charge in [-0.3, -0.25) is 9.05 Å². The zero-order valence-electron chi connectivity index (χ0n) is 21.8. The molecule has 0 amide bonds. The Bertz CT molecular complexity index is 407. The van der Waals surface area contributed by atoms with Crippen LogP contribution in [-0.2, 0) is 13.6 Å². The molecule has 0 heterocycles. The van der Waals surface area contributed by atoms with E-state index in [1.807, 2.05) is 0 Å². The van der Waals surface area contributed by atoms with E-state index in [2.05, 4.69) is 25.7 Å². The highest BCUT2D eigenvalue weighted by Crippen LogP contribution is 2.43. The fourth-order valence-electron chi connectivity index (χ4n) is 3.96. The lowest BCUT2D eigenvalue weighted by molar-refractivity contribution is 0.139. The van der Waals surface area contributed by atoms with E-state index in [1.54, 1.807) is 0 Å². The van der Waals surface area contributed by atoms with Gasteiger partial charge in [-0.25, -0.2) is 4.57 Å². The van der Waals surface area contributed by atoms with E-state index in [1.165, 1.54) is 89.9 Å². The van der Waals surface area contributed by atoms with Crippen molar-refractivity contribution in [3.05, 3.63) is 0 Å². The standard InChI is InChI=1S/C26H56NO4P/c1-4-7-10-13-15-18-22-27(23-19-16-14-11-8-5-2)24-21-26-31-32(28,29)30-25-20-17-12-9-6-3/h4-26H2,1-3H3,(H,28,29). The van der Waals surface area contributed by atoms with Gasteiger partial charge in [-0.05, 0) is 38.8 Å². The van der Waals surface area contributed by atoms with Gasteiger partial charge in [-0.15, -0.1) is 0 Å². The minimum absolute atomic E-state index is 0.285. The number of unbranched alkanes of at least 4 members (excludes halogenated alkanes) is 14. The Kier molecular flexibility index (Phi) is 24.3. The van der Waals surface area contributed by atoms with Crippen molar-refractivity contribution >= 4 is 7.82 Å². The quantitative estimate of drug-likeness (QED) is 0.0999. The van der Waals surface area contributed by atoms with Gasteiger partial charge in [-0.1, -0.05) is 111 Å². The van der Waals surface area contributed by atoms with Crippen molar-refractivity contribution in [2.45, 2.75) is 136 Å². The molecule has 0 spiro atoms. The van der Waals surface area contributed by atoms with Crippen LogP contribution in [-0.4, -0.2) is 42.6 Å². The second-order valence-electron chi connectivity index (χ2n) is 9.28. The molecule has 0 bridgehead atoms. The first-order valence-corrected chi connectivity index (χ1v) is 15.4. The zero-order chi connectivity index (χ0) is 23.8. The summed E-state index contributed by atoms with van der Waals surface area (Å²) in [6.45, 7) is 10.5. The van der Waals surface area contributed by atoms with Gasteiger partial charge in [0.2, 0.25) is 0 Å². The molecule has 1 unspecified atom stereocenters. The van der Waals surface area contributed by atoms with Crippen LogP contribution in [0.2, 0.25) is 0 Å². The van der Waals surface area contributed by atoms with E-state index < -0.39 is 7.82 Å². The van der Waals surface area contributed by atoms with Crippen molar-refractivity contribution in [3.8, 4) is 0 Å². The largest absolute Gasteiger partial charge is 0.472 e. The molecule has 0 aromatic carbocycles. The molecule has 1 atom stereocenters. The maximum absolute atomic E-state index is 12.0. The van der Waals surface area contributed by atoms with Gasteiger partial charge in [-0.2, -0.15) is 0 Å². The molecule has 0 aromatic heterocycles. The minimum Gasteiger partial charge on any atom is -0.303 e. The Hall–Kier alpha value is 0.0700. The number of nitrogens with zero attached hydrogens (tertiary/aromatic N) is 1. The predicted molar refractivity (Wildman–Crippen MR) is 138 cm³/mol. The Morgan fingerprint density at radius 3 is 1.34 bits per heavy atom. The highest BCUT2D eigenvalue weighted by atomic mass is 31.2. The molecule has 0 aliphatic rings. The van der Waals surface area contributed by atoms with Gasteiger partial charge in [0, 0.05) is 6.54 Å². The summed E-state index contributed by atoms with van der Waals surface area (Å²) in [6.07, 6.45) is 22.0. The maximum Gasteiger partial charge on any atom is 0.472 e. The lowest BCUT2D eigenvalue weighted by Crippen LogP contribution is -2.28. The number of phosphoric acid groups is 1. The number of rotatable bonds is 26. The van der Waals surface area contributed by atoms with Crippen LogP contribution < -0.4 is 0 Å². The van der Waals surface area contributed by atoms with Crippen LogP contribution in [0.1, 0.15) is 136 Å². The first-order valence-electron chi connectivity index (χ1n) is 13.9. The smallest absolute Gasteiger partial charge is 0.303 e. The van der Waals surface area contributed by atoms with Gasteiger partial charge in [0.15, 0.2) is 0 Å². The van der Waals surface area contributed by atoms with Crippen molar-refractivity contribution in [2.24, 2.45) is 0 Å². The summed E-state index contributed by atoms with van der Waals surface area (Å²) in [5, 5.41) is 0. The van der Waals surface area contributed by atoms with Gasteiger partial charge >= 0.3 is 7.82 Å². The van der Waals surface area contributed by atoms with Crippen molar-refractivity contribution in [2.75, 3.05) is 32.8 Å². The van der Waals surface area contributed by atoms with Crippen molar-refractivity contribution in [1.82, 2.24) is 4.90 Å². The minimum atomic E-state index is -3.90. The van der Waals surface area contributed by atoms with Crippen LogP contribution in [0.25, 0.3) is 0 Å². The first kappa shape index (κ1) is 32.1. The molecular weight excluding hydrogens is 421 g/mol. The molecule has 0 saturated carbocycles. The zero-order valence-corrected chi connectivity index (χ0v) is 22.7. The van der Waals surface area contributed by atoms with Gasteiger partial charge in [0.05, 0.1) is 13.2 Å². The summed E-state index contributed by atoms with van der Waals surface area (Å²) >= 11 is 0. The second-order valence-corrected chi connectivity index (χ2v) is 10.7. The lowest BCUT2D eigenvalue weighted by Gasteiger charge is -2.22. The summed E-state index contributed by atoms with van der Waals surface area (Å²) in [7, 11) is -3.90. The van der Waals surface area contributed by atoms with Gasteiger partial charge < -0.3 is 9.79 Å². The number of hydrogen-bond acceptors (Lipinski definition) is 4. The van der Waals surface area contributed by atoms with Crippen LogP contribution in [0.3, 0.4) is 0 Å². The second kappa shape index (κ2) is 24.2. The van der Waals surface area contributed by atoms with Gasteiger partial charge in [0.1, 0.15) is 0 Å². The third kappa shape index (κ3) is 23.2. The molecule has 32 heavy (non-hydrogen) atoms. The molecule has 0 fully saturated rings. The molecule has 0 rings (SSSR count). The average molecular weight is 478 g/mol. The van der Waals surface area contributed by atoms with E-state index in [4.69, 9.17) is 9.05 Å². The van der Waals surface area contributed by atoms with Crippen molar-refractivity contribution < 1.29 is 18.5 Å². The number of phosphoric ester groups is 1. The Labute approximate surface area is 200 Å². The van der Waals surface area contributed by atoms with Crippen LogP contribution in [0.5, 0.6) is 0 Å². The topological polar surface area (TPSA) is 59.0 Å². The van der Waals surface area contributed by atoms with Crippen LogP contribution in [0, 0.1) is 0 Å². The molecule has 0 saturated heterocycles. The average Bonchev–Trinajstić information content (AvgIpc) is 2.77. The maximum atomic E-state index is 12.0. The lowest BCUT2D eigenvalue weighted by atomic mass is 10.1. The predicted octanol–water partition coefficient (Wildman–Crippen LogP) is 8.50. The van der Waals surface area contributed by atoms with E-state index in [-0.39, 0.29) is 6.61 Å². The van der Waals surface area contributed by atoms with Crippen LogP contribution >= 0.6 is 7.82 Å². The van der Waals surface area contributed by atoms with E-state index in [0.29, 0.717) is 6.61 Å². The third-order valence-electron chi connectivity index (χ3n) is 6.03. The summed E-state index contributed by atoms with van der Waals surface area (Å²) in [5.41, 5.74) is 0. The summed E-state index contributed by atoms with van der Waals surface area (Å²) < 4.78 is 22.4. The highest BCUT2D eigenvalue weighted by Gasteiger charge is 2.20. The summed E-state index contributed by atoms with van der Waals surface area (Å²) in [4.78, 5) is 12.4. The van der Waals surface area contributed by atoms with Gasteiger partial charge in [0.25, 0.3) is 0 Å². The molecule has 0 radical (unpaired) electrons. The Morgan fingerprint density at radius 1 is 0.531 bits per heavy atom. The van der Waals surface area contributed by atoms with Crippen molar-refractivity contribution in [1.29, 1.82) is 0 Å². The molecule has 0 aliphatic carbocycles. The normalized spacial score (nSPS) is 13.7. The Balaban J connectivity index is 4.05. The molecule has 1 N–H and O–H groups in total. The number of hydrogen-bond donors (Lipinski definition) is 1.